The zero-order valence-electron chi connectivity index (χ0n) is 13.4. The number of carboxylic acid groups (broad SMARTS) is 1. The first kappa shape index (κ1) is 15.8. The number of fused-ring (bicyclic) bond motifs is 1. The normalized spacial score (nSPS) is 11.9. The second kappa shape index (κ2) is 6.58. The molecule has 3 rings (SSSR count). The van der Waals surface area contributed by atoms with Gasteiger partial charge in [-0.3, -0.25) is 0 Å². The van der Waals surface area contributed by atoms with E-state index in [-0.39, 0.29) is 0 Å². The number of hydrogen-bond donors (Lipinski definition) is 1. The standard InChI is InChI=1S/C19H17NO4/c1-12-4-3-5-17-16(12)10-11-18(20-17)24-15-8-6-14(7-9-15)23-13(2)19(21)22/h3-11,13H,1-2H3,(H,21,22)/t13-/m1/s1. The van der Waals surface area contributed by atoms with Crippen LogP contribution < -0.4 is 9.47 Å². The smallest absolute Gasteiger partial charge is 0.344 e. The fourth-order valence-electron chi connectivity index (χ4n) is 2.31. The third-order valence-electron chi connectivity index (χ3n) is 3.63. The van der Waals surface area contributed by atoms with Crippen molar-refractivity contribution in [3.63, 3.8) is 0 Å². The van der Waals surface area contributed by atoms with E-state index in [4.69, 9.17) is 14.6 Å². The number of carbonyl (C=O) groups is 1. The van der Waals surface area contributed by atoms with Gasteiger partial charge >= 0.3 is 5.97 Å². The lowest BCUT2D eigenvalue weighted by Crippen LogP contribution is -2.22. The predicted octanol–water partition coefficient (Wildman–Crippen LogP) is 4.19. The Kier molecular flexibility index (Phi) is 4.33. The maximum Gasteiger partial charge on any atom is 0.344 e. The molecule has 0 aliphatic carbocycles. The van der Waals surface area contributed by atoms with Crippen molar-refractivity contribution in [1.82, 2.24) is 4.98 Å². The minimum absolute atomic E-state index is 0.472. The predicted molar refractivity (Wildman–Crippen MR) is 90.7 cm³/mol. The summed E-state index contributed by atoms with van der Waals surface area (Å²) in [6.45, 7) is 3.52. The van der Waals surface area contributed by atoms with Crippen molar-refractivity contribution < 1.29 is 19.4 Å². The van der Waals surface area contributed by atoms with Crippen LogP contribution in [-0.4, -0.2) is 22.2 Å². The molecule has 0 radical (unpaired) electrons. The molecule has 0 aliphatic heterocycles. The summed E-state index contributed by atoms with van der Waals surface area (Å²) in [5, 5.41) is 9.93. The largest absolute Gasteiger partial charge is 0.479 e. The molecular formula is C19H17NO4. The summed E-state index contributed by atoms with van der Waals surface area (Å²) in [4.78, 5) is 15.3. The molecule has 0 aliphatic rings. The van der Waals surface area contributed by atoms with Crippen LogP contribution in [0.25, 0.3) is 10.9 Å². The highest BCUT2D eigenvalue weighted by molar-refractivity contribution is 5.82. The molecule has 0 fully saturated rings. The Labute approximate surface area is 139 Å². The topological polar surface area (TPSA) is 68.7 Å². The summed E-state index contributed by atoms with van der Waals surface area (Å²) in [5.74, 6) is 0.566. The van der Waals surface area contributed by atoms with Crippen LogP contribution >= 0.6 is 0 Å². The second-order valence-electron chi connectivity index (χ2n) is 5.46. The van der Waals surface area contributed by atoms with Gasteiger partial charge in [-0.25, -0.2) is 9.78 Å². The monoisotopic (exact) mass is 323 g/mol. The Hall–Kier alpha value is -3.08. The van der Waals surface area contributed by atoms with Gasteiger partial charge in [0.05, 0.1) is 5.52 Å². The van der Waals surface area contributed by atoms with Crippen molar-refractivity contribution in [2.75, 3.05) is 0 Å². The molecule has 1 N–H and O–H groups in total. The highest BCUT2D eigenvalue weighted by Crippen LogP contribution is 2.25. The van der Waals surface area contributed by atoms with E-state index in [0.29, 0.717) is 17.4 Å². The second-order valence-corrected chi connectivity index (χ2v) is 5.46. The van der Waals surface area contributed by atoms with Crippen LogP contribution in [0.2, 0.25) is 0 Å². The Balaban J connectivity index is 1.75. The maximum absolute atomic E-state index is 10.8. The molecule has 0 unspecified atom stereocenters. The highest BCUT2D eigenvalue weighted by atomic mass is 16.5. The molecule has 24 heavy (non-hydrogen) atoms. The van der Waals surface area contributed by atoms with Crippen LogP contribution in [0.15, 0.2) is 54.6 Å². The number of hydrogen-bond acceptors (Lipinski definition) is 4. The van der Waals surface area contributed by atoms with Crippen molar-refractivity contribution in [3.05, 3.63) is 60.2 Å². The molecule has 0 amide bonds. The van der Waals surface area contributed by atoms with E-state index in [2.05, 4.69) is 4.98 Å². The number of benzene rings is 2. The molecule has 3 aromatic rings. The number of nitrogens with zero attached hydrogens (tertiary/aromatic N) is 1. The van der Waals surface area contributed by atoms with Gasteiger partial charge in [-0.2, -0.15) is 0 Å². The summed E-state index contributed by atoms with van der Waals surface area (Å²) < 4.78 is 11.0. The summed E-state index contributed by atoms with van der Waals surface area (Å²) in [5.41, 5.74) is 2.04. The fraction of sp³-hybridized carbons (Fsp3) is 0.158. The number of aliphatic carboxylic acids is 1. The summed E-state index contributed by atoms with van der Waals surface area (Å²) >= 11 is 0. The molecule has 5 heteroatoms. The zero-order chi connectivity index (χ0) is 17.1. The first-order valence-corrected chi connectivity index (χ1v) is 7.57. The molecule has 122 valence electrons. The Bertz CT molecular complexity index is 874. The van der Waals surface area contributed by atoms with Crippen LogP contribution in [-0.2, 0) is 4.79 Å². The summed E-state index contributed by atoms with van der Waals surface area (Å²) in [6.07, 6.45) is -0.901. The Morgan fingerprint density at radius 3 is 2.46 bits per heavy atom. The average molecular weight is 323 g/mol. The van der Waals surface area contributed by atoms with E-state index < -0.39 is 12.1 Å². The first-order valence-electron chi connectivity index (χ1n) is 7.57. The lowest BCUT2D eigenvalue weighted by Gasteiger charge is -2.11. The van der Waals surface area contributed by atoms with E-state index in [1.165, 1.54) is 12.5 Å². The summed E-state index contributed by atoms with van der Waals surface area (Å²) in [7, 11) is 0. The third kappa shape index (κ3) is 3.46. The van der Waals surface area contributed by atoms with Crippen LogP contribution in [0.5, 0.6) is 17.4 Å². The summed E-state index contributed by atoms with van der Waals surface area (Å²) in [6, 6.07) is 16.5. The lowest BCUT2D eigenvalue weighted by atomic mass is 10.1. The number of aryl methyl sites for hydroxylation is 1. The van der Waals surface area contributed by atoms with Gasteiger partial charge in [-0.15, -0.1) is 0 Å². The van der Waals surface area contributed by atoms with Crippen molar-refractivity contribution in [2.24, 2.45) is 0 Å². The SMILES string of the molecule is Cc1cccc2nc(Oc3ccc(O[C@H](C)C(=O)O)cc3)ccc12. The molecule has 1 aromatic heterocycles. The quantitative estimate of drug-likeness (QED) is 0.762. The minimum Gasteiger partial charge on any atom is -0.479 e. The van der Waals surface area contributed by atoms with Crippen LogP contribution in [0, 0.1) is 6.92 Å². The van der Waals surface area contributed by atoms with Crippen molar-refractivity contribution in [2.45, 2.75) is 20.0 Å². The van der Waals surface area contributed by atoms with E-state index >= 15 is 0 Å². The van der Waals surface area contributed by atoms with Crippen molar-refractivity contribution in [3.8, 4) is 17.4 Å². The van der Waals surface area contributed by atoms with Crippen LogP contribution in [0.1, 0.15) is 12.5 Å². The van der Waals surface area contributed by atoms with Crippen molar-refractivity contribution >= 4 is 16.9 Å². The van der Waals surface area contributed by atoms with Crippen molar-refractivity contribution in [1.29, 1.82) is 0 Å². The number of pyridine rings is 1. The minimum atomic E-state index is -1.01. The molecule has 1 heterocycles. The molecule has 0 saturated heterocycles. The van der Waals surface area contributed by atoms with Crippen LogP contribution in [0.4, 0.5) is 0 Å². The van der Waals surface area contributed by atoms with E-state index in [1.807, 2.05) is 37.3 Å². The van der Waals surface area contributed by atoms with Gasteiger partial charge < -0.3 is 14.6 Å². The number of carboxylic acids is 1. The van der Waals surface area contributed by atoms with Gasteiger partial charge in [0.1, 0.15) is 11.5 Å². The Morgan fingerprint density at radius 1 is 1.04 bits per heavy atom. The van der Waals surface area contributed by atoms with Gasteiger partial charge in [0.25, 0.3) is 0 Å². The molecule has 0 saturated carbocycles. The van der Waals surface area contributed by atoms with Gasteiger partial charge in [-0.05, 0) is 55.8 Å². The van der Waals surface area contributed by atoms with E-state index in [0.717, 1.165) is 10.9 Å². The van der Waals surface area contributed by atoms with Gasteiger partial charge in [0.15, 0.2) is 6.10 Å². The van der Waals surface area contributed by atoms with E-state index in [9.17, 15) is 4.79 Å². The highest BCUT2D eigenvalue weighted by Gasteiger charge is 2.12. The maximum atomic E-state index is 10.8. The van der Waals surface area contributed by atoms with Gasteiger partial charge in [0, 0.05) is 11.5 Å². The van der Waals surface area contributed by atoms with Crippen LogP contribution in [0.3, 0.4) is 0 Å². The Morgan fingerprint density at radius 2 is 1.75 bits per heavy atom. The molecule has 5 nitrogen and oxygen atoms in total. The molecule has 1 atom stereocenters. The molecular weight excluding hydrogens is 306 g/mol. The number of aromatic nitrogens is 1. The van der Waals surface area contributed by atoms with Gasteiger partial charge in [-0.1, -0.05) is 12.1 Å². The zero-order valence-corrected chi connectivity index (χ0v) is 13.4. The number of ether oxygens (including phenoxy) is 2. The third-order valence-corrected chi connectivity index (χ3v) is 3.63. The average Bonchev–Trinajstić information content (AvgIpc) is 2.56. The number of rotatable bonds is 5. The first-order chi connectivity index (χ1) is 11.5. The molecule has 2 aromatic carbocycles. The van der Waals surface area contributed by atoms with E-state index in [1.54, 1.807) is 24.3 Å². The van der Waals surface area contributed by atoms with Gasteiger partial charge in [0.2, 0.25) is 5.88 Å². The fourth-order valence-corrected chi connectivity index (χ4v) is 2.31. The molecule has 0 bridgehead atoms. The molecule has 0 spiro atoms. The lowest BCUT2D eigenvalue weighted by molar-refractivity contribution is -0.144.